The number of nitrogens with one attached hydrogen (secondary N) is 1. The summed E-state index contributed by atoms with van der Waals surface area (Å²) >= 11 is 0. The predicted octanol–water partition coefficient (Wildman–Crippen LogP) is 5.09. The number of halogens is 2. The quantitative estimate of drug-likeness (QED) is 0.271. The van der Waals surface area contributed by atoms with Gasteiger partial charge in [0.2, 0.25) is 0 Å². The van der Waals surface area contributed by atoms with Crippen LogP contribution in [0.1, 0.15) is 31.2 Å². The molecule has 4 atom stereocenters. The van der Waals surface area contributed by atoms with Gasteiger partial charge in [0.25, 0.3) is 0 Å². The van der Waals surface area contributed by atoms with Crippen molar-refractivity contribution in [2.45, 2.75) is 37.8 Å². The minimum atomic E-state index is -0.597. The van der Waals surface area contributed by atoms with Gasteiger partial charge in [-0.3, -0.25) is 0 Å². The Morgan fingerprint density at radius 1 is 1.00 bits per heavy atom. The highest BCUT2D eigenvalue weighted by atomic mass is 19.1. The summed E-state index contributed by atoms with van der Waals surface area (Å²) < 4.78 is 43.8. The molecule has 5 fully saturated rings. The Morgan fingerprint density at radius 2 is 1.77 bits per heavy atom. The van der Waals surface area contributed by atoms with Gasteiger partial charge >= 0.3 is 6.01 Å². The highest BCUT2D eigenvalue weighted by Crippen LogP contribution is 2.48. The lowest BCUT2D eigenvalue weighted by Gasteiger charge is -2.34. The van der Waals surface area contributed by atoms with Crippen molar-refractivity contribution < 1.29 is 23.4 Å². The number of piperazine rings is 1. The molecule has 1 aromatic heterocycles. The Bertz CT molecular complexity index is 1930. The minimum absolute atomic E-state index is 0.0181. The van der Waals surface area contributed by atoms with Crippen LogP contribution in [0.4, 0.5) is 14.6 Å². The minimum Gasteiger partial charge on any atom is -0.508 e. The number of phenolic OH excluding ortho intramolecular Hbond substituents is 1. The third-order valence-electron chi connectivity index (χ3n) is 11.1. The Kier molecular flexibility index (Phi) is 6.82. The van der Waals surface area contributed by atoms with Crippen LogP contribution in [0.5, 0.6) is 11.8 Å². The van der Waals surface area contributed by atoms with E-state index in [1.54, 1.807) is 6.07 Å². The number of hydrogen-bond acceptors (Lipinski definition) is 8. The predicted molar refractivity (Wildman–Crippen MR) is 176 cm³/mol. The molecule has 0 amide bonds. The van der Waals surface area contributed by atoms with Gasteiger partial charge in [-0.1, -0.05) is 18.1 Å². The van der Waals surface area contributed by atoms with E-state index in [4.69, 9.17) is 20.9 Å². The smallest absolute Gasteiger partial charge is 0.319 e. The summed E-state index contributed by atoms with van der Waals surface area (Å²) in [5.74, 6) is 3.08. The molecule has 242 valence electrons. The Morgan fingerprint density at radius 3 is 2.49 bits per heavy atom. The van der Waals surface area contributed by atoms with Gasteiger partial charge in [-0.15, -0.1) is 6.42 Å². The molecule has 4 aliphatic heterocycles. The SMILES string of the molecule is C#Cc1c(F)ccc2cc(O)cc(-c3ccc4c(N5CC6CCC(C5)N6)nc(OCC5(CN6CC7COCC7C6)CC5)nc4c3F)c12. The number of benzene rings is 3. The zero-order chi connectivity index (χ0) is 31.9. The fourth-order valence-corrected chi connectivity index (χ4v) is 8.52. The van der Waals surface area contributed by atoms with Crippen LogP contribution in [-0.2, 0) is 4.74 Å². The molecule has 0 radical (unpaired) electrons. The number of terminal acetylenes is 1. The molecular formula is C37H37F2N5O3. The van der Waals surface area contributed by atoms with Crippen molar-refractivity contribution in [3.63, 3.8) is 0 Å². The van der Waals surface area contributed by atoms with Gasteiger partial charge in [0.15, 0.2) is 5.82 Å². The summed E-state index contributed by atoms with van der Waals surface area (Å²) in [5.41, 5.74) is 0.652. The Balaban J connectivity index is 1.11. The molecule has 4 saturated heterocycles. The first-order valence-electron chi connectivity index (χ1n) is 16.7. The summed E-state index contributed by atoms with van der Waals surface area (Å²) in [6.07, 6.45) is 10.1. The van der Waals surface area contributed by atoms with Gasteiger partial charge in [-0.05, 0) is 60.9 Å². The number of likely N-dealkylation sites (tertiary alicyclic amines) is 1. The van der Waals surface area contributed by atoms with Crippen LogP contribution in [0, 0.1) is 41.2 Å². The third-order valence-corrected chi connectivity index (χ3v) is 11.1. The number of ether oxygens (including phenoxy) is 2. The maximum absolute atomic E-state index is 16.9. The molecular weight excluding hydrogens is 600 g/mol. The van der Waals surface area contributed by atoms with Crippen LogP contribution >= 0.6 is 0 Å². The first kappa shape index (κ1) is 29.1. The zero-order valence-corrected chi connectivity index (χ0v) is 26.1. The van der Waals surface area contributed by atoms with E-state index in [0.29, 0.717) is 58.1 Å². The number of nitrogens with zero attached hydrogens (tertiary/aromatic N) is 4. The number of hydrogen-bond donors (Lipinski definition) is 2. The largest absolute Gasteiger partial charge is 0.508 e. The number of fused-ring (bicyclic) bond motifs is 5. The van der Waals surface area contributed by atoms with Crippen molar-refractivity contribution in [3.05, 3.63) is 53.6 Å². The first-order chi connectivity index (χ1) is 22.9. The van der Waals surface area contributed by atoms with E-state index in [1.807, 2.05) is 6.07 Å². The first-order valence-corrected chi connectivity index (χ1v) is 16.7. The lowest BCUT2D eigenvalue weighted by molar-refractivity contribution is 0.131. The molecule has 2 N–H and O–H groups in total. The molecule has 10 heteroatoms. The molecule has 5 aliphatic rings. The molecule has 1 aliphatic carbocycles. The Hall–Kier alpha value is -4.04. The van der Waals surface area contributed by atoms with Gasteiger partial charge in [-0.25, -0.2) is 8.78 Å². The number of anilines is 1. The van der Waals surface area contributed by atoms with Crippen LogP contribution in [0.25, 0.3) is 32.8 Å². The average molecular weight is 638 g/mol. The normalized spacial score (nSPS) is 26.2. The molecule has 47 heavy (non-hydrogen) atoms. The van der Waals surface area contributed by atoms with E-state index in [0.717, 1.165) is 71.6 Å². The van der Waals surface area contributed by atoms with Crippen LogP contribution < -0.4 is 15.0 Å². The average Bonchev–Trinajstić information content (AvgIpc) is 3.30. The number of rotatable bonds is 7. The van der Waals surface area contributed by atoms with Crippen molar-refractivity contribution >= 4 is 27.5 Å². The van der Waals surface area contributed by atoms with E-state index in [1.165, 1.54) is 24.3 Å². The lowest BCUT2D eigenvalue weighted by atomic mass is 9.93. The van der Waals surface area contributed by atoms with E-state index in [-0.39, 0.29) is 33.8 Å². The van der Waals surface area contributed by atoms with Crippen molar-refractivity contribution in [2.24, 2.45) is 17.3 Å². The van der Waals surface area contributed by atoms with E-state index >= 15 is 4.39 Å². The number of phenols is 1. The fraction of sp³-hybridized carbons (Fsp3) is 0.459. The molecule has 4 aromatic rings. The molecule has 8 nitrogen and oxygen atoms in total. The second-order valence-electron chi connectivity index (χ2n) is 14.4. The maximum atomic E-state index is 16.9. The van der Waals surface area contributed by atoms with Gasteiger partial charge in [0, 0.05) is 78.4 Å². The highest BCUT2D eigenvalue weighted by Gasteiger charge is 2.48. The number of aromatic nitrogens is 2. The summed E-state index contributed by atoms with van der Waals surface area (Å²) in [7, 11) is 0. The summed E-state index contributed by atoms with van der Waals surface area (Å²) in [6, 6.07) is 10.0. The van der Waals surface area contributed by atoms with Crippen LogP contribution in [0.2, 0.25) is 0 Å². The van der Waals surface area contributed by atoms with E-state index in [2.05, 4.69) is 26.0 Å². The molecule has 5 heterocycles. The number of aromatic hydroxyl groups is 1. The molecule has 2 bridgehead atoms. The van der Waals surface area contributed by atoms with Crippen molar-refractivity contribution in [1.29, 1.82) is 0 Å². The zero-order valence-electron chi connectivity index (χ0n) is 26.1. The fourth-order valence-electron chi connectivity index (χ4n) is 8.52. The summed E-state index contributed by atoms with van der Waals surface area (Å²) in [5, 5.41) is 15.7. The van der Waals surface area contributed by atoms with E-state index in [9.17, 15) is 9.50 Å². The monoisotopic (exact) mass is 637 g/mol. The summed E-state index contributed by atoms with van der Waals surface area (Å²) in [6.45, 7) is 6.81. The third kappa shape index (κ3) is 5.07. The van der Waals surface area contributed by atoms with Crippen LogP contribution in [0.3, 0.4) is 0 Å². The Labute approximate surface area is 272 Å². The topological polar surface area (TPSA) is 83.0 Å². The van der Waals surface area contributed by atoms with Crippen LogP contribution in [-0.4, -0.2) is 84.6 Å². The standard InChI is InChI=1S/C37H37F2N5O3/c1-2-27-31(38)8-3-21-11-26(45)12-30(32(21)27)28-6-7-29-34(33(28)39)41-36(42-35(29)44-15-24-4-5-25(16-44)40-24)47-20-37(9-10-37)19-43-13-22-17-46-18-23(22)14-43/h1,3,6-8,11-12,22-25,40,45H,4-5,9-10,13-20H2. The second-order valence-corrected chi connectivity index (χ2v) is 14.4. The van der Waals surface area contributed by atoms with Crippen molar-refractivity contribution in [2.75, 3.05) is 57.4 Å². The van der Waals surface area contributed by atoms with Crippen molar-refractivity contribution in [3.8, 4) is 35.2 Å². The van der Waals surface area contributed by atoms with Gasteiger partial charge in [0.1, 0.15) is 22.9 Å². The molecule has 0 spiro atoms. The molecule has 9 rings (SSSR count). The summed E-state index contributed by atoms with van der Waals surface area (Å²) in [4.78, 5) is 14.4. The molecule has 1 saturated carbocycles. The van der Waals surface area contributed by atoms with Gasteiger partial charge < -0.3 is 29.7 Å². The van der Waals surface area contributed by atoms with Crippen molar-refractivity contribution in [1.82, 2.24) is 20.2 Å². The van der Waals surface area contributed by atoms with Crippen LogP contribution in [0.15, 0.2) is 36.4 Å². The highest BCUT2D eigenvalue weighted by molar-refractivity contribution is 6.04. The van der Waals surface area contributed by atoms with Gasteiger partial charge in [0.05, 0.1) is 25.4 Å². The van der Waals surface area contributed by atoms with Gasteiger partial charge in [-0.2, -0.15) is 9.97 Å². The lowest BCUT2D eigenvalue weighted by Crippen LogP contribution is -2.51. The maximum Gasteiger partial charge on any atom is 0.319 e. The molecule has 4 unspecified atom stereocenters. The molecule has 3 aromatic carbocycles. The van der Waals surface area contributed by atoms with E-state index < -0.39 is 11.6 Å². The second kappa shape index (κ2) is 11.0.